The Labute approximate surface area is 226 Å². The zero-order valence-corrected chi connectivity index (χ0v) is 24.8. The van der Waals surface area contributed by atoms with Crippen LogP contribution in [0.25, 0.3) is 11.1 Å². The van der Waals surface area contributed by atoms with Gasteiger partial charge in [-0.3, -0.25) is 0 Å². The molecule has 1 fully saturated rings. The Hall–Kier alpha value is -2.08. The van der Waals surface area contributed by atoms with Crippen molar-refractivity contribution in [1.82, 2.24) is 0 Å². The molecule has 0 saturated heterocycles. The molecule has 0 heteroatoms. The maximum atomic E-state index is 2.72. The van der Waals surface area contributed by atoms with E-state index in [2.05, 4.69) is 97.9 Å². The van der Waals surface area contributed by atoms with E-state index in [9.17, 15) is 0 Å². The highest BCUT2D eigenvalue weighted by molar-refractivity contribution is 5.81. The monoisotopic (exact) mass is 492 g/mol. The van der Waals surface area contributed by atoms with E-state index in [-0.39, 0.29) is 16.2 Å². The molecule has 0 amide bonds. The summed E-state index contributed by atoms with van der Waals surface area (Å²) >= 11 is 0. The Kier molecular flexibility index (Phi) is 5.59. The van der Waals surface area contributed by atoms with Gasteiger partial charge in [-0.15, -0.1) is 0 Å². The van der Waals surface area contributed by atoms with Crippen LogP contribution in [0.2, 0.25) is 0 Å². The van der Waals surface area contributed by atoms with Crippen LogP contribution in [-0.2, 0) is 10.8 Å². The molecule has 0 bridgehead atoms. The number of rotatable bonds is 2. The minimum absolute atomic E-state index is 0.153. The van der Waals surface area contributed by atoms with Crippen molar-refractivity contribution in [3.63, 3.8) is 0 Å². The van der Waals surface area contributed by atoms with Crippen molar-refractivity contribution in [1.29, 1.82) is 0 Å². The first-order valence-electron chi connectivity index (χ1n) is 15.0. The van der Waals surface area contributed by atoms with Crippen LogP contribution >= 0.6 is 0 Å². The third-order valence-corrected chi connectivity index (χ3v) is 10.8. The summed E-state index contributed by atoms with van der Waals surface area (Å²) in [5.74, 6) is 0.447. The van der Waals surface area contributed by atoms with Crippen molar-refractivity contribution in [2.24, 2.45) is 10.8 Å². The van der Waals surface area contributed by atoms with E-state index in [0.29, 0.717) is 11.3 Å². The third-order valence-electron chi connectivity index (χ3n) is 10.8. The lowest BCUT2D eigenvalue weighted by Crippen LogP contribution is -2.26. The lowest BCUT2D eigenvalue weighted by Gasteiger charge is -2.38. The molecule has 4 aliphatic rings. The van der Waals surface area contributed by atoms with Crippen LogP contribution in [0.3, 0.4) is 0 Å². The van der Waals surface area contributed by atoms with Crippen molar-refractivity contribution >= 4 is 0 Å². The quantitative estimate of drug-likeness (QED) is 0.391. The molecule has 0 N–H and O–H groups in total. The number of hydrogen-bond donors (Lipinski definition) is 0. The maximum Gasteiger partial charge on any atom is 0.0196 e. The summed E-state index contributed by atoms with van der Waals surface area (Å²) in [6, 6.07) is 14.9. The molecule has 0 aromatic heterocycles. The van der Waals surface area contributed by atoms with Crippen LogP contribution in [0.4, 0.5) is 0 Å². The van der Waals surface area contributed by atoms with Gasteiger partial charge in [0.1, 0.15) is 0 Å². The van der Waals surface area contributed by atoms with Gasteiger partial charge in [0, 0.05) is 11.3 Å². The van der Waals surface area contributed by atoms with Gasteiger partial charge in [-0.1, -0.05) is 128 Å². The fourth-order valence-electron chi connectivity index (χ4n) is 8.20. The van der Waals surface area contributed by atoms with E-state index in [0.717, 1.165) is 0 Å². The topological polar surface area (TPSA) is 0 Å². The summed E-state index contributed by atoms with van der Waals surface area (Å²) in [4.78, 5) is 0. The molecule has 6 rings (SSSR count). The van der Waals surface area contributed by atoms with E-state index in [4.69, 9.17) is 0 Å². The second-order valence-corrected chi connectivity index (χ2v) is 15.4. The van der Waals surface area contributed by atoms with Crippen LogP contribution in [0.5, 0.6) is 0 Å². The van der Waals surface area contributed by atoms with Crippen molar-refractivity contribution < 1.29 is 0 Å². The number of hydrogen-bond acceptors (Lipinski definition) is 0. The van der Waals surface area contributed by atoms with E-state index in [1.807, 2.05) is 0 Å². The Bertz CT molecular complexity index is 1250. The average Bonchev–Trinajstić information content (AvgIpc) is 3.50. The Morgan fingerprint density at radius 3 is 1.76 bits per heavy atom. The third kappa shape index (κ3) is 3.92. The fourth-order valence-corrected chi connectivity index (χ4v) is 8.20. The molecule has 0 heterocycles. The van der Waals surface area contributed by atoms with E-state index in [1.165, 1.54) is 73.6 Å². The highest BCUT2D eigenvalue weighted by atomic mass is 14.5. The highest BCUT2D eigenvalue weighted by Gasteiger charge is 2.50. The molecule has 1 atom stereocenters. The number of allylic oxidation sites excluding steroid dienone is 4. The first-order valence-corrected chi connectivity index (χ1v) is 15.0. The molecule has 196 valence electrons. The molecule has 4 aliphatic carbocycles. The smallest absolute Gasteiger partial charge is 0.0196 e. The van der Waals surface area contributed by atoms with Gasteiger partial charge in [0.25, 0.3) is 0 Å². The molecule has 0 aliphatic heterocycles. The number of benzene rings is 2. The summed E-state index contributed by atoms with van der Waals surface area (Å²) in [7, 11) is 0. The first-order chi connectivity index (χ1) is 17.3. The lowest BCUT2D eigenvalue weighted by atomic mass is 9.66. The largest absolute Gasteiger partial charge is 0.0623 e. The summed E-state index contributed by atoms with van der Waals surface area (Å²) in [6.07, 6.45) is 13.5. The van der Waals surface area contributed by atoms with Gasteiger partial charge in [-0.25, -0.2) is 0 Å². The van der Waals surface area contributed by atoms with Crippen molar-refractivity contribution in [2.45, 2.75) is 124 Å². The fraction of sp³-hybridized carbons (Fsp3) is 0.568. The zero-order valence-electron chi connectivity index (χ0n) is 24.8. The van der Waals surface area contributed by atoms with Gasteiger partial charge >= 0.3 is 0 Å². The SMILES string of the molecule is CC1(C2=CC3=C(CCC3(C)C3c4ccc(C(C)(C)C)cc4-c4cc(C(C)(C)C)ccc43)C2)CCCCC1. The summed E-state index contributed by atoms with van der Waals surface area (Å²) in [5, 5.41) is 0. The van der Waals surface area contributed by atoms with E-state index < -0.39 is 0 Å². The summed E-state index contributed by atoms with van der Waals surface area (Å²) in [6.45, 7) is 19.3. The molecule has 0 nitrogen and oxygen atoms in total. The van der Waals surface area contributed by atoms with Crippen LogP contribution in [-0.4, -0.2) is 0 Å². The molecule has 1 saturated carbocycles. The highest BCUT2D eigenvalue weighted by Crippen LogP contribution is 2.64. The molecule has 0 spiro atoms. The predicted molar refractivity (Wildman–Crippen MR) is 159 cm³/mol. The van der Waals surface area contributed by atoms with Crippen molar-refractivity contribution in [2.75, 3.05) is 0 Å². The van der Waals surface area contributed by atoms with E-state index >= 15 is 0 Å². The number of fused-ring (bicyclic) bond motifs is 3. The maximum absolute atomic E-state index is 2.72. The van der Waals surface area contributed by atoms with Crippen LogP contribution in [0.1, 0.15) is 135 Å². The lowest BCUT2D eigenvalue weighted by molar-refractivity contribution is 0.262. The normalized spacial score (nSPS) is 25.2. The molecular formula is C37H48. The van der Waals surface area contributed by atoms with Gasteiger partial charge in [-0.2, -0.15) is 0 Å². The minimum Gasteiger partial charge on any atom is -0.0623 e. The van der Waals surface area contributed by atoms with Crippen molar-refractivity contribution in [3.05, 3.63) is 81.4 Å². The standard InChI is InChI=1S/C37H48/c1-34(2,3)25-12-14-28-30(21-25)31-22-26(35(4,5)6)13-15-29(31)33(28)37(8)19-16-24-20-27(23-32(24)37)36(7)17-10-9-11-18-36/h12-15,21-23,33H,9-11,16-20H2,1-8H3. The van der Waals surface area contributed by atoms with Crippen LogP contribution in [0, 0.1) is 10.8 Å². The minimum atomic E-state index is 0.153. The predicted octanol–water partition coefficient (Wildman–Crippen LogP) is 10.8. The molecular weight excluding hydrogens is 444 g/mol. The molecule has 2 aromatic carbocycles. The van der Waals surface area contributed by atoms with Gasteiger partial charge in [-0.05, 0) is 87.3 Å². The second-order valence-electron chi connectivity index (χ2n) is 15.4. The molecule has 1 unspecified atom stereocenters. The van der Waals surface area contributed by atoms with Gasteiger partial charge in [0.05, 0.1) is 0 Å². The average molecular weight is 493 g/mol. The molecule has 2 aromatic rings. The van der Waals surface area contributed by atoms with Gasteiger partial charge < -0.3 is 0 Å². The van der Waals surface area contributed by atoms with Crippen LogP contribution in [0.15, 0.2) is 59.2 Å². The van der Waals surface area contributed by atoms with Crippen LogP contribution < -0.4 is 0 Å². The van der Waals surface area contributed by atoms with E-state index in [1.54, 1.807) is 27.8 Å². The second kappa shape index (κ2) is 8.21. The summed E-state index contributed by atoms with van der Waals surface area (Å²) in [5.41, 5.74) is 15.2. The molecule has 0 radical (unpaired) electrons. The Morgan fingerprint density at radius 2 is 1.24 bits per heavy atom. The van der Waals surface area contributed by atoms with Crippen molar-refractivity contribution in [3.8, 4) is 11.1 Å². The Balaban J connectivity index is 1.49. The van der Waals surface area contributed by atoms with Gasteiger partial charge in [0.2, 0.25) is 0 Å². The Morgan fingerprint density at radius 1 is 0.703 bits per heavy atom. The molecule has 37 heavy (non-hydrogen) atoms. The first kappa shape index (κ1) is 25.2. The summed E-state index contributed by atoms with van der Waals surface area (Å²) < 4.78 is 0. The van der Waals surface area contributed by atoms with Gasteiger partial charge in [0.15, 0.2) is 0 Å². The zero-order chi connectivity index (χ0) is 26.4.